The van der Waals surface area contributed by atoms with Crippen molar-refractivity contribution in [3.8, 4) is 0 Å². The molecule has 1 amide bonds. The van der Waals surface area contributed by atoms with Crippen molar-refractivity contribution >= 4 is 11.9 Å². The van der Waals surface area contributed by atoms with Crippen molar-refractivity contribution in [3.05, 3.63) is 35.4 Å². The maximum atomic E-state index is 12.1. The molecule has 0 aliphatic carbocycles. The Morgan fingerprint density at radius 3 is 2.86 bits per heavy atom. The van der Waals surface area contributed by atoms with Gasteiger partial charge in [-0.25, -0.2) is 0 Å². The van der Waals surface area contributed by atoms with Crippen molar-refractivity contribution in [2.45, 2.75) is 38.1 Å². The van der Waals surface area contributed by atoms with Crippen LogP contribution < -0.4 is 5.32 Å². The van der Waals surface area contributed by atoms with Gasteiger partial charge in [-0.2, -0.15) is 0 Å². The molecule has 1 aliphatic rings. The molecule has 0 spiro atoms. The van der Waals surface area contributed by atoms with Crippen molar-refractivity contribution < 1.29 is 19.4 Å². The van der Waals surface area contributed by atoms with Gasteiger partial charge in [0.1, 0.15) is 0 Å². The van der Waals surface area contributed by atoms with Crippen LogP contribution in [0.4, 0.5) is 0 Å². The number of hydrogen-bond acceptors (Lipinski definition) is 3. The van der Waals surface area contributed by atoms with Gasteiger partial charge in [-0.15, -0.1) is 0 Å². The lowest BCUT2D eigenvalue weighted by atomic mass is 9.94. The Balaban J connectivity index is 1.89. The van der Waals surface area contributed by atoms with E-state index >= 15 is 0 Å². The number of carboxylic acids is 1. The number of carboxylic acid groups (broad SMARTS) is 1. The third-order valence-electron chi connectivity index (χ3n) is 3.72. The molecular formula is C16H21NO4. The zero-order valence-corrected chi connectivity index (χ0v) is 12.2. The average Bonchev–Trinajstić information content (AvgIpc) is 2.83. The fraction of sp³-hybridized carbons (Fsp3) is 0.500. The molecule has 1 heterocycles. The Kier molecular flexibility index (Phi) is 4.96. The van der Waals surface area contributed by atoms with Crippen LogP contribution in [-0.2, 0) is 20.7 Å². The molecule has 1 unspecified atom stereocenters. The van der Waals surface area contributed by atoms with Crippen molar-refractivity contribution in [2.24, 2.45) is 0 Å². The second-order valence-corrected chi connectivity index (χ2v) is 5.69. The quantitative estimate of drug-likeness (QED) is 0.836. The zero-order valence-electron chi connectivity index (χ0n) is 12.2. The molecule has 1 saturated heterocycles. The third-order valence-corrected chi connectivity index (χ3v) is 3.72. The summed E-state index contributed by atoms with van der Waals surface area (Å²) in [5.74, 6) is -1.04. The summed E-state index contributed by atoms with van der Waals surface area (Å²) in [6.07, 6.45) is 1.46. The first-order valence-corrected chi connectivity index (χ1v) is 7.15. The monoisotopic (exact) mass is 291 g/mol. The molecule has 1 aromatic rings. The van der Waals surface area contributed by atoms with Crippen LogP contribution in [0, 0.1) is 6.92 Å². The van der Waals surface area contributed by atoms with Gasteiger partial charge in [-0.1, -0.05) is 29.8 Å². The zero-order chi connectivity index (χ0) is 15.3. The second kappa shape index (κ2) is 6.72. The number of hydrogen-bond donors (Lipinski definition) is 2. The fourth-order valence-corrected chi connectivity index (χ4v) is 2.66. The van der Waals surface area contributed by atoms with Crippen LogP contribution in [0.25, 0.3) is 0 Å². The van der Waals surface area contributed by atoms with Crippen LogP contribution in [0.3, 0.4) is 0 Å². The summed E-state index contributed by atoms with van der Waals surface area (Å²) in [6.45, 7) is 2.78. The van der Waals surface area contributed by atoms with E-state index in [2.05, 4.69) is 11.4 Å². The summed E-state index contributed by atoms with van der Waals surface area (Å²) in [7, 11) is 0. The number of nitrogens with one attached hydrogen (secondary N) is 1. The number of rotatable bonds is 6. The number of benzene rings is 1. The fourth-order valence-electron chi connectivity index (χ4n) is 2.66. The predicted octanol–water partition coefficient (Wildman–Crippen LogP) is 1.68. The molecule has 2 rings (SSSR count). The first-order valence-electron chi connectivity index (χ1n) is 7.15. The summed E-state index contributed by atoms with van der Waals surface area (Å²) < 4.78 is 5.26. The molecular weight excluding hydrogens is 270 g/mol. The predicted molar refractivity (Wildman–Crippen MR) is 78.1 cm³/mol. The van der Waals surface area contributed by atoms with Gasteiger partial charge >= 0.3 is 5.97 Å². The standard InChI is InChI=1S/C16H21NO4/c1-12-3-2-4-13(9-12)5-6-14(18)17-16(10-15(19)20)7-8-21-11-16/h2-4,9H,5-8,10-11H2,1H3,(H,17,18)(H,19,20). The Morgan fingerprint density at radius 1 is 1.43 bits per heavy atom. The maximum Gasteiger partial charge on any atom is 0.305 e. The molecule has 1 atom stereocenters. The lowest BCUT2D eigenvalue weighted by Crippen LogP contribution is -2.50. The van der Waals surface area contributed by atoms with E-state index in [4.69, 9.17) is 9.84 Å². The summed E-state index contributed by atoms with van der Waals surface area (Å²) in [5.41, 5.74) is 1.54. The third kappa shape index (κ3) is 4.56. The van der Waals surface area contributed by atoms with Crippen molar-refractivity contribution in [3.63, 3.8) is 0 Å². The van der Waals surface area contributed by atoms with Crippen LogP contribution in [0.5, 0.6) is 0 Å². The molecule has 21 heavy (non-hydrogen) atoms. The van der Waals surface area contributed by atoms with Gasteiger partial charge in [-0.3, -0.25) is 9.59 Å². The van der Waals surface area contributed by atoms with Gasteiger partial charge in [0.05, 0.1) is 18.6 Å². The van der Waals surface area contributed by atoms with E-state index in [0.717, 1.165) is 5.56 Å². The molecule has 5 nitrogen and oxygen atoms in total. The number of carbonyl (C=O) groups excluding carboxylic acids is 1. The largest absolute Gasteiger partial charge is 0.481 e. The smallest absolute Gasteiger partial charge is 0.305 e. The Hall–Kier alpha value is -1.88. The molecule has 0 aromatic heterocycles. The summed E-state index contributed by atoms with van der Waals surface area (Å²) >= 11 is 0. The summed E-state index contributed by atoms with van der Waals surface area (Å²) in [6, 6.07) is 8.03. The van der Waals surface area contributed by atoms with E-state index in [-0.39, 0.29) is 18.9 Å². The summed E-state index contributed by atoms with van der Waals surface area (Å²) in [5, 5.41) is 11.8. The maximum absolute atomic E-state index is 12.1. The molecule has 0 saturated carbocycles. The van der Waals surface area contributed by atoms with Gasteiger partial charge in [-0.05, 0) is 25.3 Å². The molecule has 5 heteroatoms. The highest BCUT2D eigenvalue weighted by Crippen LogP contribution is 2.23. The SMILES string of the molecule is Cc1cccc(CCC(=O)NC2(CC(=O)O)CCOC2)c1. The lowest BCUT2D eigenvalue weighted by molar-refractivity contribution is -0.139. The van der Waals surface area contributed by atoms with Gasteiger partial charge in [0, 0.05) is 13.0 Å². The van der Waals surface area contributed by atoms with Crippen molar-refractivity contribution in [1.82, 2.24) is 5.32 Å². The summed E-state index contributed by atoms with van der Waals surface area (Å²) in [4.78, 5) is 23.0. The first-order chi connectivity index (χ1) is 9.99. The normalized spacial score (nSPS) is 21.2. The van der Waals surface area contributed by atoms with E-state index < -0.39 is 11.5 Å². The van der Waals surface area contributed by atoms with Gasteiger partial charge in [0.15, 0.2) is 0 Å². The minimum absolute atomic E-state index is 0.0941. The van der Waals surface area contributed by atoms with Crippen LogP contribution in [0.1, 0.15) is 30.4 Å². The first kappa shape index (κ1) is 15.5. The van der Waals surface area contributed by atoms with Crippen molar-refractivity contribution in [2.75, 3.05) is 13.2 Å². The van der Waals surface area contributed by atoms with Gasteiger partial charge in [0.2, 0.25) is 5.91 Å². The topological polar surface area (TPSA) is 75.6 Å². The Morgan fingerprint density at radius 2 is 2.24 bits per heavy atom. The highest BCUT2D eigenvalue weighted by Gasteiger charge is 2.38. The minimum Gasteiger partial charge on any atom is -0.481 e. The molecule has 0 bridgehead atoms. The highest BCUT2D eigenvalue weighted by atomic mass is 16.5. The Bertz CT molecular complexity index is 521. The van der Waals surface area contributed by atoms with E-state index in [0.29, 0.717) is 25.9 Å². The van der Waals surface area contributed by atoms with Crippen LogP contribution in [-0.4, -0.2) is 35.7 Å². The number of aliphatic carboxylic acids is 1. The van der Waals surface area contributed by atoms with Crippen molar-refractivity contribution in [1.29, 1.82) is 0 Å². The molecule has 114 valence electrons. The van der Waals surface area contributed by atoms with Gasteiger partial charge < -0.3 is 15.2 Å². The molecule has 1 fully saturated rings. The van der Waals surface area contributed by atoms with E-state index in [1.807, 2.05) is 25.1 Å². The average molecular weight is 291 g/mol. The van der Waals surface area contributed by atoms with Gasteiger partial charge in [0.25, 0.3) is 0 Å². The number of ether oxygens (including phenoxy) is 1. The van der Waals surface area contributed by atoms with Crippen LogP contribution in [0.2, 0.25) is 0 Å². The number of carbonyl (C=O) groups is 2. The lowest BCUT2D eigenvalue weighted by Gasteiger charge is -2.27. The minimum atomic E-state index is -0.917. The molecule has 1 aliphatic heterocycles. The van der Waals surface area contributed by atoms with E-state index in [9.17, 15) is 9.59 Å². The number of aryl methyl sites for hydroxylation is 2. The van der Waals surface area contributed by atoms with Crippen LogP contribution in [0.15, 0.2) is 24.3 Å². The highest BCUT2D eigenvalue weighted by molar-refractivity contribution is 5.78. The molecule has 1 aromatic carbocycles. The second-order valence-electron chi connectivity index (χ2n) is 5.69. The Labute approximate surface area is 124 Å². The van der Waals surface area contributed by atoms with E-state index in [1.54, 1.807) is 0 Å². The molecule has 2 N–H and O–H groups in total. The van der Waals surface area contributed by atoms with Crippen LogP contribution >= 0.6 is 0 Å². The molecule has 0 radical (unpaired) electrons. The number of amides is 1. The van der Waals surface area contributed by atoms with E-state index in [1.165, 1.54) is 5.56 Å².